The first-order chi connectivity index (χ1) is 26.4. The van der Waals surface area contributed by atoms with Crippen molar-refractivity contribution in [2.24, 2.45) is 4.99 Å². The maximum Gasteiger partial charge on any atom is 0.414 e. The number of thiophene rings is 1. The van der Waals surface area contributed by atoms with Gasteiger partial charge in [0.2, 0.25) is 5.96 Å². The van der Waals surface area contributed by atoms with Crippen LogP contribution >= 0.6 is 11.3 Å². The first-order valence-corrected chi connectivity index (χ1v) is 18.9. The molecule has 57 heavy (non-hydrogen) atoms. The molecule has 0 saturated heterocycles. The van der Waals surface area contributed by atoms with Crippen LogP contribution in [-0.2, 0) is 25.5 Å². The van der Waals surface area contributed by atoms with Gasteiger partial charge in [0, 0.05) is 12.1 Å². The molecule has 4 aromatic rings. The van der Waals surface area contributed by atoms with Crippen LogP contribution in [0.1, 0.15) is 105 Å². The van der Waals surface area contributed by atoms with Crippen LogP contribution in [0.4, 0.5) is 15.3 Å². The highest BCUT2D eigenvalue weighted by Crippen LogP contribution is 2.27. The lowest BCUT2D eigenvalue weighted by atomic mass is 10.0. The van der Waals surface area contributed by atoms with Gasteiger partial charge >= 0.3 is 24.1 Å². The molecule has 0 bridgehead atoms. The van der Waals surface area contributed by atoms with Crippen molar-refractivity contribution in [1.82, 2.24) is 15.5 Å². The standard InChI is InChI=1S/C42H48N4O10S/c1-25(47)33-20-26(24-57-33)22-46(23-34(48)54-40(2,3)4)35(49)32-13-11-12-28-21-30(18-19-31(28)32)53-36(50)27-14-16-29(17-15-27)43-37(44-38(51)55-41(5,6)7)45-39(52)56-42(8,9)10/h11-21,24H,22-23H2,1-10H3,(H2,43,44,45,51,52). The Morgan fingerprint density at radius 1 is 0.737 bits per heavy atom. The lowest BCUT2D eigenvalue weighted by Gasteiger charge is -2.25. The molecular weight excluding hydrogens is 753 g/mol. The number of ether oxygens (including phenoxy) is 4. The molecule has 0 spiro atoms. The highest BCUT2D eigenvalue weighted by atomic mass is 32.1. The third-order valence-corrected chi connectivity index (χ3v) is 8.36. The molecule has 0 atom stereocenters. The van der Waals surface area contributed by atoms with E-state index in [0.717, 1.165) is 0 Å². The number of alkyl carbamates (subject to hydrolysis) is 2. The van der Waals surface area contributed by atoms with Gasteiger partial charge in [-0.15, -0.1) is 11.3 Å². The number of nitrogens with one attached hydrogen (secondary N) is 2. The van der Waals surface area contributed by atoms with Gasteiger partial charge in [-0.25, -0.2) is 19.4 Å². The normalized spacial score (nSPS) is 11.5. The molecular formula is C42H48N4O10S. The maximum atomic E-state index is 14.1. The first kappa shape index (κ1) is 43.6. The molecule has 0 radical (unpaired) electrons. The molecule has 4 rings (SSSR count). The molecule has 3 amide bonds. The van der Waals surface area contributed by atoms with E-state index in [1.165, 1.54) is 47.4 Å². The number of rotatable bonds is 9. The number of amides is 3. The van der Waals surface area contributed by atoms with Crippen LogP contribution in [0.25, 0.3) is 10.8 Å². The Hall–Kier alpha value is -6.09. The van der Waals surface area contributed by atoms with Crippen LogP contribution in [-0.4, -0.2) is 70.0 Å². The van der Waals surface area contributed by atoms with Crippen molar-refractivity contribution in [3.63, 3.8) is 0 Å². The second kappa shape index (κ2) is 17.8. The minimum Gasteiger partial charge on any atom is -0.459 e. The Morgan fingerprint density at radius 2 is 1.33 bits per heavy atom. The first-order valence-electron chi connectivity index (χ1n) is 18.0. The van der Waals surface area contributed by atoms with E-state index in [1.807, 2.05) is 0 Å². The van der Waals surface area contributed by atoms with Gasteiger partial charge < -0.3 is 23.8 Å². The van der Waals surface area contributed by atoms with E-state index < -0.39 is 46.8 Å². The number of fused-ring (bicyclic) bond motifs is 1. The van der Waals surface area contributed by atoms with Crippen molar-refractivity contribution in [1.29, 1.82) is 0 Å². The molecule has 1 heterocycles. The summed E-state index contributed by atoms with van der Waals surface area (Å²) in [6.45, 7) is 16.5. The molecule has 14 nitrogen and oxygen atoms in total. The van der Waals surface area contributed by atoms with Crippen molar-refractivity contribution in [3.8, 4) is 5.75 Å². The number of ketones is 1. The summed E-state index contributed by atoms with van der Waals surface area (Å²) in [5.41, 5.74) is -0.919. The van der Waals surface area contributed by atoms with Gasteiger partial charge in [-0.05, 0) is 146 Å². The maximum absolute atomic E-state index is 14.1. The number of hydrogen-bond acceptors (Lipinski definition) is 12. The number of nitrogens with zero attached hydrogens (tertiary/aromatic N) is 2. The van der Waals surface area contributed by atoms with Gasteiger partial charge in [-0.2, -0.15) is 0 Å². The van der Waals surface area contributed by atoms with E-state index >= 15 is 0 Å². The van der Waals surface area contributed by atoms with Crippen molar-refractivity contribution in [2.45, 2.75) is 92.6 Å². The fourth-order valence-corrected chi connectivity index (χ4v) is 5.94. The van der Waals surface area contributed by atoms with Crippen LogP contribution in [0.2, 0.25) is 0 Å². The summed E-state index contributed by atoms with van der Waals surface area (Å²) < 4.78 is 21.7. The summed E-state index contributed by atoms with van der Waals surface area (Å²) in [7, 11) is 0. The van der Waals surface area contributed by atoms with Crippen molar-refractivity contribution >= 4 is 69.6 Å². The van der Waals surface area contributed by atoms with Gasteiger partial charge in [-0.3, -0.25) is 25.0 Å². The highest BCUT2D eigenvalue weighted by molar-refractivity contribution is 7.12. The lowest BCUT2D eigenvalue weighted by Crippen LogP contribution is -2.47. The minimum absolute atomic E-state index is 0.0693. The largest absolute Gasteiger partial charge is 0.459 e. The minimum atomic E-state index is -0.856. The van der Waals surface area contributed by atoms with E-state index in [-0.39, 0.29) is 41.8 Å². The van der Waals surface area contributed by atoms with E-state index in [4.69, 9.17) is 18.9 Å². The fraction of sp³-hybridized carbons (Fsp3) is 0.357. The molecule has 15 heteroatoms. The van der Waals surface area contributed by atoms with Gasteiger partial charge in [0.1, 0.15) is 29.1 Å². The number of guanidine groups is 1. The molecule has 0 unspecified atom stereocenters. The summed E-state index contributed by atoms with van der Waals surface area (Å²) in [6, 6.07) is 17.5. The second-order valence-corrected chi connectivity index (χ2v) is 16.9. The predicted molar refractivity (Wildman–Crippen MR) is 216 cm³/mol. The average Bonchev–Trinajstić information content (AvgIpc) is 3.54. The SMILES string of the molecule is CC(=O)c1cc(CN(CC(=O)OC(C)(C)C)C(=O)c2cccc3cc(OC(=O)c4ccc(N=C(NC(=O)OC(C)(C)C)NC(=O)OC(C)(C)C)cc4)ccc23)cs1. The summed E-state index contributed by atoms with van der Waals surface area (Å²) in [5.74, 6) is -1.83. The summed E-state index contributed by atoms with van der Waals surface area (Å²) in [4.78, 5) is 83.2. The number of hydrogen-bond donors (Lipinski definition) is 2. The van der Waals surface area contributed by atoms with Crippen LogP contribution in [0.15, 0.2) is 77.1 Å². The van der Waals surface area contributed by atoms with E-state index in [1.54, 1.807) is 110 Å². The Balaban J connectivity index is 1.53. The molecule has 302 valence electrons. The molecule has 0 aliphatic rings. The van der Waals surface area contributed by atoms with Crippen LogP contribution in [0, 0.1) is 0 Å². The Bertz CT molecular complexity index is 2160. The van der Waals surface area contributed by atoms with Crippen LogP contribution in [0.5, 0.6) is 5.75 Å². The van der Waals surface area contributed by atoms with E-state index in [9.17, 15) is 28.8 Å². The molecule has 0 aliphatic heterocycles. The lowest BCUT2D eigenvalue weighted by molar-refractivity contribution is -0.155. The Kier molecular flexibility index (Phi) is 13.6. The number of carbonyl (C=O) groups is 6. The summed E-state index contributed by atoms with van der Waals surface area (Å²) >= 11 is 1.27. The molecule has 0 saturated carbocycles. The smallest absolute Gasteiger partial charge is 0.414 e. The molecule has 3 aromatic carbocycles. The van der Waals surface area contributed by atoms with Crippen LogP contribution in [0.3, 0.4) is 0 Å². The molecule has 0 aliphatic carbocycles. The van der Waals surface area contributed by atoms with Crippen molar-refractivity contribution in [3.05, 3.63) is 93.7 Å². The van der Waals surface area contributed by atoms with Gasteiger partial charge in [-0.1, -0.05) is 12.1 Å². The average molecular weight is 801 g/mol. The van der Waals surface area contributed by atoms with Crippen molar-refractivity contribution in [2.75, 3.05) is 6.54 Å². The molecule has 1 aromatic heterocycles. The topological polar surface area (TPSA) is 179 Å². The number of aliphatic imine (C=N–C) groups is 1. The zero-order valence-electron chi connectivity index (χ0n) is 33.7. The zero-order chi connectivity index (χ0) is 42.3. The van der Waals surface area contributed by atoms with Gasteiger partial charge in [0.25, 0.3) is 5.91 Å². The number of esters is 2. The highest BCUT2D eigenvalue weighted by Gasteiger charge is 2.26. The van der Waals surface area contributed by atoms with Crippen molar-refractivity contribution < 1.29 is 47.7 Å². The second-order valence-electron chi connectivity index (χ2n) is 16.0. The van der Waals surface area contributed by atoms with Crippen LogP contribution < -0.4 is 15.4 Å². The van der Waals surface area contributed by atoms with E-state index in [0.29, 0.717) is 26.8 Å². The van der Waals surface area contributed by atoms with Gasteiger partial charge in [0.05, 0.1) is 16.1 Å². The van der Waals surface area contributed by atoms with Gasteiger partial charge in [0.15, 0.2) is 5.78 Å². The zero-order valence-corrected chi connectivity index (χ0v) is 34.5. The Morgan fingerprint density at radius 3 is 1.88 bits per heavy atom. The third-order valence-electron chi connectivity index (χ3n) is 7.28. The molecule has 0 fully saturated rings. The predicted octanol–water partition coefficient (Wildman–Crippen LogP) is 8.34. The quantitative estimate of drug-likeness (QED) is 0.0417. The third kappa shape index (κ3) is 13.9. The Labute approximate surface area is 335 Å². The van der Waals surface area contributed by atoms with E-state index in [2.05, 4.69) is 15.6 Å². The summed E-state index contributed by atoms with van der Waals surface area (Å²) in [6.07, 6.45) is -1.71. The number of benzene rings is 3. The monoisotopic (exact) mass is 800 g/mol. The molecule has 2 N–H and O–H groups in total. The fourth-order valence-electron chi connectivity index (χ4n) is 5.13. The number of carbonyl (C=O) groups excluding carboxylic acids is 6. The number of Topliss-reactive ketones (excluding diaryl/α,β-unsaturated/α-hetero) is 1. The summed E-state index contributed by atoms with van der Waals surface area (Å²) in [5, 5.41) is 7.74.